The highest BCUT2D eigenvalue weighted by Crippen LogP contribution is 2.43. The Labute approximate surface area is 373 Å². The summed E-state index contributed by atoms with van der Waals surface area (Å²) in [6.07, 6.45) is 51.5. The van der Waals surface area contributed by atoms with Gasteiger partial charge in [-0.15, -0.1) is 0 Å². The van der Waals surface area contributed by atoms with Crippen LogP contribution >= 0.6 is 7.82 Å². The number of rotatable bonds is 48. The molecule has 0 aliphatic rings. The molecule has 0 aromatic rings. The lowest BCUT2D eigenvalue weighted by Gasteiger charge is -2.25. The number of phosphoric acid groups is 1. The molecule has 0 bridgehead atoms. The quantitative estimate of drug-likeness (QED) is 0.0243. The van der Waals surface area contributed by atoms with Crippen molar-refractivity contribution in [1.29, 1.82) is 0 Å². The molecular formula is C51H104N2O6P+. The Bertz CT molecular complexity index is 989. The van der Waals surface area contributed by atoms with Crippen LogP contribution in [0.15, 0.2) is 12.2 Å². The largest absolute Gasteiger partial charge is 0.472 e. The number of nitrogens with one attached hydrogen (secondary N) is 1. The van der Waals surface area contributed by atoms with Crippen molar-refractivity contribution < 1.29 is 32.9 Å². The van der Waals surface area contributed by atoms with Crippen LogP contribution in [0.4, 0.5) is 0 Å². The third-order valence-electron chi connectivity index (χ3n) is 12.0. The molecule has 0 rings (SSSR count). The van der Waals surface area contributed by atoms with E-state index in [4.69, 9.17) is 9.05 Å². The summed E-state index contributed by atoms with van der Waals surface area (Å²) in [7, 11) is 1.59. The molecule has 0 saturated carbocycles. The Morgan fingerprint density at radius 3 is 1.23 bits per heavy atom. The predicted octanol–water partition coefficient (Wildman–Crippen LogP) is 15.1. The fourth-order valence-corrected chi connectivity index (χ4v) is 8.60. The van der Waals surface area contributed by atoms with Gasteiger partial charge in [-0.3, -0.25) is 13.8 Å². The van der Waals surface area contributed by atoms with E-state index in [2.05, 4.69) is 19.2 Å². The number of aliphatic hydroxyl groups is 1. The Morgan fingerprint density at radius 2 is 0.883 bits per heavy atom. The Hall–Kier alpha value is -0.760. The summed E-state index contributed by atoms with van der Waals surface area (Å²) in [5, 5.41) is 13.9. The van der Waals surface area contributed by atoms with Crippen molar-refractivity contribution in [2.75, 3.05) is 40.9 Å². The van der Waals surface area contributed by atoms with Crippen molar-refractivity contribution in [2.24, 2.45) is 0 Å². The number of hydrogen-bond acceptors (Lipinski definition) is 5. The van der Waals surface area contributed by atoms with E-state index >= 15 is 0 Å². The maximum atomic E-state index is 12.9. The first kappa shape index (κ1) is 59.2. The minimum absolute atomic E-state index is 0.0650. The summed E-state index contributed by atoms with van der Waals surface area (Å²) in [6, 6.07) is -0.841. The molecule has 9 heteroatoms. The third kappa shape index (κ3) is 45.3. The molecule has 0 saturated heterocycles. The van der Waals surface area contributed by atoms with E-state index in [1.807, 2.05) is 27.2 Å². The van der Waals surface area contributed by atoms with Crippen LogP contribution in [0.3, 0.4) is 0 Å². The molecule has 0 aliphatic carbocycles. The number of likely N-dealkylation sites (N-methyl/N-ethyl adjacent to an activating group) is 1. The summed E-state index contributed by atoms with van der Waals surface area (Å²) in [6.45, 7) is 4.85. The number of unbranched alkanes of at least 4 members (excludes halogenated alkanes) is 35. The van der Waals surface area contributed by atoms with Gasteiger partial charge in [-0.2, -0.15) is 0 Å². The fourth-order valence-electron chi connectivity index (χ4n) is 7.87. The molecular weight excluding hydrogens is 768 g/mol. The lowest BCUT2D eigenvalue weighted by Crippen LogP contribution is -2.45. The van der Waals surface area contributed by atoms with E-state index in [0.29, 0.717) is 17.4 Å². The molecule has 1 amide bonds. The third-order valence-corrected chi connectivity index (χ3v) is 13.0. The first-order chi connectivity index (χ1) is 29.0. The van der Waals surface area contributed by atoms with Crippen molar-refractivity contribution in [1.82, 2.24) is 5.32 Å². The van der Waals surface area contributed by atoms with Gasteiger partial charge in [-0.25, -0.2) is 4.57 Å². The highest BCUT2D eigenvalue weighted by atomic mass is 31.2. The van der Waals surface area contributed by atoms with Crippen LogP contribution in [-0.2, 0) is 18.4 Å². The summed E-state index contributed by atoms with van der Waals surface area (Å²) >= 11 is 0. The van der Waals surface area contributed by atoms with Crippen LogP contribution in [0.2, 0.25) is 0 Å². The monoisotopic (exact) mass is 872 g/mol. The molecule has 0 spiro atoms. The summed E-state index contributed by atoms with van der Waals surface area (Å²) in [5.41, 5.74) is 0. The van der Waals surface area contributed by atoms with Crippen molar-refractivity contribution in [2.45, 2.75) is 270 Å². The van der Waals surface area contributed by atoms with Crippen LogP contribution in [0, 0.1) is 0 Å². The molecule has 0 aliphatic heterocycles. The molecule has 60 heavy (non-hydrogen) atoms. The van der Waals surface area contributed by atoms with Gasteiger partial charge in [0, 0.05) is 6.42 Å². The standard InChI is InChI=1S/C51H103N2O6P/c1-6-8-10-12-14-16-18-20-22-24-25-26-27-28-29-30-32-34-36-38-40-42-44-50(54)49(48-59-60(56,57)58-47-46-53(3,4)5)52-51(55)45-43-41-39-37-35-33-31-23-21-19-17-15-13-11-9-7-2/h42,44,49-50,54H,6-41,43,45-48H2,1-5H3,(H-,52,55,56,57)/p+1/b44-42+. The minimum atomic E-state index is -4.34. The number of quaternary nitrogens is 1. The van der Waals surface area contributed by atoms with E-state index in [1.165, 1.54) is 205 Å². The highest BCUT2D eigenvalue weighted by molar-refractivity contribution is 7.47. The molecule has 0 aromatic carbocycles. The molecule has 3 N–H and O–H groups in total. The van der Waals surface area contributed by atoms with Crippen LogP contribution in [0.5, 0.6) is 0 Å². The second-order valence-electron chi connectivity index (χ2n) is 19.3. The zero-order valence-corrected chi connectivity index (χ0v) is 41.6. The van der Waals surface area contributed by atoms with Crippen LogP contribution in [-0.4, -0.2) is 73.4 Å². The Morgan fingerprint density at radius 1 is 0.550 bits per heavy atom. The number of aliphatic hydroxyl groups excluding tert-OH is 1. The number of amides is 1. The van der Waals surface area contributed by atoms with Crippen molar-refractivity contribution in [3.63, 3.8) is 0 Å². The van der Waals surface area contributed by atoms with Crippen molar-refractivity contribution in [3.05, 3.63) is 12.2 Å². The van der Waals surface area contributed by atoms with Gasteiger partial charge in [0.1, 0.15) is 13.2 Å². The number of hydrogen-bond donors (Lipinski definition) is 3. The predicted molar refractivity (Wildman–Crippen MR) is 259 cm³/mol. The van der Waals surface area contributed by atoms with Gasteiger partial charge >= 0.3 is 7.82 Å². The lowest BCUT2D eigenvalue weighted by molar-refractivity contribution is -0.870. The average molecular weight is 872 g/mol. The molecule has 358 valence electrons. The first-order valence-corrected chi connectivity index (χ1v) is 27.6. The van der Waals surface area contributed by atoms with Gasteiger partial charge in [0.25, 0.3) is 0 Å². The lowest BCUT2D eigenvalue weighted by atomic mass is 10.0. The fraction of sp³-hybridized carbons (Fsp3) is 0.941. The average Bonchev–Trinajstić information content (AvgIpc) is 3.20. The smallest absolute Gasteiger partial charge is 0.387 e. The van der Waals surface area contributed by atoms with Gasteiger partial charge in [-0.05, 0) is 19.3 Å². The SMILES string of the molecule is CCCCCCCCCCCCCCCCCCCCCC/C=C/C(O)C(COP(=O)(O)OCC[N+](C)(C)C)NC(=O)CCCCCCCCCCCCCCCCCC. The number of phosphoric ester groups is 1. The van der Waals surface area contributed by atoms with Crippen molar-refractivity contribution >= 4 is 13.7 Å². The second kappa shape index (κ2) is 43.5. The highest BCUT2D eigenvalue weighted by Gasteiger charge is 2.27. The first-order valence-electron chi connectivity index (χ1n) is 26.1. The number of allylic oxidation sites excluding steroid dienone is 1. The molecule has 0 aromatic heterocycles. The topological polar surface area (TPSA) is 105 Å². The van der Waals surface area contributed by atoms with Crippen LogP contribution < -0.4 is 5.32 Å². The van der Waals surface area contributed by atoms with Crippen molar-refractivity contribution in [3.8, 4) is 0 Å². The zero-order chi connectivity index (χ0) is 44.3. The number of carbonyl (C=O) groups is 1. The second-order valence-corrected chi connectivity index (χ2v) is 20.7. The van der Waals surface area contributed by atoms with Gasteiger partial charge in [0.15, 0.2) is 0 Å². The molecule has 0 radical (unpaired) electrons. The van der Waals surface area contributed by atoms with E-state index in [1.54, 1.807) is 6.08 Å². The maximum Gasteiger partial charge on any atom is 0.472 e. The number of nitrogens with zero attached hydrogens (tertiary/aromatic N) is 1. The summed E-state index contributed by atoms with van der Waals surface area (Å²) in [5.74, 6) is -0.172. The molecule has 3 unspecified atom stereocenters. The molecule has 0 heterocycles. The summed E-state index contributed by atoms with van der Waals surface area (Å²) in [4.78, 5) is 23.2. The minimum Gasteiger partial charge on any atom is -0.387 e. The van der Waals surface area contributed by atoms with E-state index in [0.717, 1.165) is 32.1 Å². The van der Waals surface area contributed by atoms with Crippen LogP contribution in [0.1, 0.15) is 258 Å². The Kier molecular flexibility index (Phi) is 42.9. The maximum absolute atomic E-state index is 12.9. The van der Waals surface area contributed by atoms with Gasteiger partial charge < -0.3 is 19.8 Å². The van der Waals surface area contributed by atoms with E-state index in [9.17, 15) is 19.4 Å². The van der Waals surface area contributed by atoms with Gasteiger partial charge in [-0.1, -0.05) is 244 Å². The van der Waals surface area contributed by atoms with E-state index in [-0.39, 0.29) is 19.1 Å². The van der Waals surface area contributed by atoms with Gasteiger partial charge in [0.05, 0.1) is 39.9 Å². The van der Waals surface area contributed by atoms with Crippen LogP contribution in [0.25, 0.3) is 0 Å². The normalized spacial score (nSPS) is 14.2. The molecule has 0 fully saturated rings. The Balaban J connectivity index is 4.26. The van der Waals surface area contributed by atoms with Gasteiger partial charge in [0.2, 0.25) is 5.91 Å². The molecule has 8 nitrogen and oxygen atoms in total. The zero-order valence-electron chi connectivity index (χ0n) is 40.7. The number of carbonyl (C=O) groups excluding carboxylic acids is 1. The van der Waals surface area contributed by atoms with E-state index < -0.39 is 20.0 Å². The summed E-state index contributed by atoms with van der Waals surface area (Å²) < 4.78 is 23.7. The molecule has 3 atom stereocenters.